The summed E-state index contributed by atoms with van der Waals surface area (Å²) < 4.78 is 2.55. The Balaban J connectivity index is 0.00000243. The molecule has 0 radical (unpaired) electrons. The quantitative estimate of drug-likeness (QED) is 0.340. The fraction of sp³-hybridized carbons (Fsp3) is 0.217. The molecule has 26 heavy (non-hydrogen) atoms. The molecule has 3 rings (SSSR count). The zero-order valence-corrected chi connectivity index (χ0v) is 17.2. The molecule has 3 aromatic rings. The van der Waals surface area contributed by atoms with E-state index in [4.69, 9.17) is 0 Å². The first kappa shape index (κ1) is 20.6. The van der Waals surface area contributed by atoms with Crippen molar-refractivity contribution in [2.24, 2.45) is 0 Å². The Morgan fingerprint density at radius 2 is 0.923 bits per heavy atom. The Labute approximate surface area is 165 Å². The summed E-state index contributed by atoms with van der Waals surface area (Å²) in [5, 5.41) is -0.143. The van der Waals surface area contributed by atoms with Crippen LogP contribution in [0.25, 0.3) is 0 Å². The van der Waals surface area contributed by atoms with Gasteiger partial charge in [0.1, 0.15) is 0 Å². The molecule has 0 aliphatic heterocycles. The summed E-state index contributed by atoms with van der Waals surface area (Å²) >= 11 is 0. The lowest BCUT2D eigenvalue weighted by atomic mass is 9.84. The third-order valence-electron chi connectivity index (χ3n) is 4.71. The smallest absolute Gasteiger partial charge is 0.0756 e. The Hall–Kier alpha value is -1.66. The summed E-state index contributed by atoms with van der Waals surface area (Å²) in [4.78, 5) is 0. The first-order chi connectivity index (χ1) is 12.3. The van der Waals surface area contributed by atoms with Crippen molar-refractivity contribution in [3.8, 4) is 0 Å². The SMILES string of the molecule is CCN(CC)PC(c1ccccc1)(c1ccccc1)c1ccccc1.Cl. The lowest BCUT2D eigenvalue weighted by Crippen LogP contribution is -2.29. The van der Waals surface area contributed by atoms with Gasteiger partial charge in [-0.15, -0.1) is 12.4 Å². The number of nitrogens with zero attached hydrogens (tertiary/aromatic N) is 1. The van der Waals surface area contributed by atoms with Crippen molar-refractivity contribution in [2.45, 2.75) is 19.0 Å². The van der Waals surface area contributed by atoms with E-state index < -0.39 is 0 Å². The molecule has 136 valence electrons. The standard InChI is InChI=1S/C23H26NP.ClH/c1-3-24(4-2)25-23(20-14-8-5-9-15-20,21-16-10-6-11-17-21)22-18-12-7-13-19-22;/h5-19,25H,3-4H2,1-2H3;1H. The average molecular weight is 384 g/mol. The van der Waals surface area contributed by atoms with Gasteiger partial charge in [0.15, 0.2) is 0 Å². The maximum atomic E-state index is 2.55. The van der Waals surface area contributed by atoms with Gasteiger partial charge in [-0.1, -0.05) is 105 Å². The maximum Gasteiger partial charge on any atom is 0.0756 e. The van der Waals surface area contributed by atoms with E-state index in [1.54, 1.807) is 0 Å². The molecule has 3 aromatic carbocycles. The highest BCUT2D eigenvalue weighted by atomic mass is 35.5. The van der Waals surface area contributed by atoms with E-state index in [9.17, 15) is 0 Å². The first-order valence-corrected chi connectivity index (χ1v) is 9.95. The van der Waals surface area contributed by atoms with Crippen LogP contribution in [0.4, 0.5) is 0 Å². The molecule has 3 heteroatoms. The summed E-state index contributed by atoms with van der Waals surface area (Å²) in [5.74, 6) is 0. The van der Waals surface area contributed by atoms with Gasteiger partial charge in [-0.05, 0) is 38.5 Å². The van der Waals surface area contributed by atoms with E-state index in [0.717, 1.165) is 13.1 Å². The second-order valence-corrected chi connectivity index (χ2v) is 7.74. The van der Waals surface area contributed by atoms with Crippen LogP contribution in [0.15, 0.2) is 91.0 Å². The van der Waals surface area contributed by atoms with E-state index in [1.807, 2.05) is 0 Å². The van der Waals surface area contributed by atoms with Crippen molar-refractivity contribution < 1.29 is 0 Å². The number of halogens is 1. The van der Waals surface area contributed by atoms with Crippen molar-refractivity contribution in [1.82, 2.24) is 4.67 Å². The fourth-order valence-corrected chi connectivity index (χ4v) is 5.05. The van der Waals surface area contributed by atoms with Gasteiger partial charge in [0.25, 0.3) is 0 Å². The third kappa shape index (κ3) is 4.18. The van der Waals surface area contributed by atoms with Crippen molar-refractivity contribution in [1.29, 1.82) is 0 Å². The van der Waals surface area contributed by atoms with E-state index >= 15 is 0 Å². The highest BCUT2D eigenvalue weighted by Gasteiger charge is 2.37. The summed E-state index contributed by atoms with van der Waals surface area (Å²) in [6, 6.07) is 32.9. The van der Waals surface area contributed by atoms with Crippen LogP contribution >= 0.6 is 21.1 Å². The minimum Gasteiger partial charge on any atom is -0.284 e. The van der Waals surface area contributed by atoms with Crippen molar-refractivity contribution in [3.63, 3.8) is 0 Å². The minimum atomic E-state index is -0.143. The molecule has 0 aliphatic carbocycles. The number of rotatable bonds is 7. The monoisotopic (exact) mass is 383 g/mol. The molecule has 0 fully saturated rings. The Kier molecular flexibility index (Phi) is 7.85. The van der Waals surface area contributed by atoms with Gasteiger partial charge in [0.2, 0.25) is 0 Å². The van der Waals surface area contributed by atoms with E-state index in [0.29, 0.717) is 8.73 Å². The molecule has 1 atom stereocenters. The largest absolute Gasteiger partial charge is 0.284 e. The molecule has 0 saturated heterocycles. The van der Waals surface area contributed by atoms with Crippen LogP contribution in [-0.2, 0) is 5.16 Å². The molecule has 0 saturated carbocycles. The van der Waals surface area contributed by atoms with Gasteiger partial charge in [0, 0.05) is 0 Å². The summed E-state index contributed by atoms with van der Waals surface area (Å²) in [7, 11) is 0.650. The van der Waals surface area contributed by atoms with E-state index in [-0.39, 0.29) is 17.6 Å². The van der Waals surface area contributed by atoms with Gasteiger partial charge in [0.05, 0.1) is 5.16 Å². The lowest BCUT2D eigenvalue weighted by Gasteiger charge is -2.39. The minimum absolute atomic E-state index is 0. The van der Waals surface area contributed by atoms with Gasteiger partial charge in [-0.2, -0.15) is 0 Å². The van der Waals surface area contributed by atoms with Crippen LogP contribution in [-0.4, -0.2) is 17.8 Å². The molecular formula is C23H27ClNP. The predicted octanol–water partition coefficient (Wildman–Crippen LogP) is 6.34. The van der Waals surface area contributed by atoms with Crippen LogP contribution in [0.5, 0.6) is 0 Å². The Morgan fingerprint density at radius 1 is 0.615 bits per heavy atom. The molecule has 1 unspecified atom stereocenters. The highest BCUT2D eigenvalue weighted by Crippen LogP contribution is 2.53. The average Bonchev–Trinajstić information content (AvgIpc) is 2.71. The summed E-state index contributed by atoms with van der Waals surface area (Å²) in [6.45, 7) is 6.62. The molecular weight excluding hydrogens is 357 g/mol. The fourth-order valence-electron chi connectivity index (χ4n) is 3.38. The van der Waals surface area contributed by atoms with Crippen molar-refractivity contribution >= 4 is 21.1 Å². The van der Waals surface area contributed by atoms with Crippen LogP contribution < -0.4 is 0 Å². The van der Waals surface area contributed by atoms with Gasteiger partial charge in [-0.3, -0.25) is 4.67 Å². The molecule has 0 N–H and O–H groups in total. The summed E-state index contributed by atoms with van der Waals surface area (Å²) in [6.07, 6.45) is 0. The second kappa shape index (κ2) is 9.88. The zero-order chi connectivity index (χ0) is 17.5. The maximum absolute atomic E-state index is 2.55. The zero-order valence-electron chi connectivity index (χ0n) is 15.4. The van der Waals surface area contributed by atoms with Crippen LogP contribution in [0, 0.1) is 0 Å². The molecule has 0 bridgehead atoms. The van der Waals surface area contributed by atoms with Gasteiger partial charge < -0.3 is 0 Å². The molecule has 0 heterocycles. The third-order valence-corrected chi connectivity index (χ3v) is 6.86. The lowest BCUT2D eigenvalue weighted by molar-refractivity contribution is 0.506. The molecule has 0 amide bonds. The van der Waals surface area contributed by atoms with E-state index in [2.05, 4.69) is 110 Å². The van der Waals surface area contributed by atoms with Gasteiger partial charge >= 0.3 is 0 Å². The number of hydrogen-bond donors (Lipinski definition) is 0. The van der Waals surface area contributed by atoms with Crippen molar-refractivity contribution in [3.05, 3.63) is 108 Å². The Morgan fingerprint density at radius 3 is 1.19 bits per heavy atom. The highest BCUT2D eigenvalue weighted by molar-refractivity contribution is 7.37. The summed E-state index contributed by atoms with van der Waals surface area (Å²) in [5.41, 5.74) is 4.08. The number of benzene rings is 3. The predicted molar refractivity (Wildman–Crippen MR) is 118 cm³/mol. The normalized spacial score (nSPS) is 11.7. The molecule has 0 aliphatic rings. The van der Waals surface area contributed by atoms with E-state index in [1.165, 1.54) is 16.7 Å². The molecule has 1 nitrogen and oxygen atoms in total. The molecule has 0 spiro atoms. The van der Waals surface area contributed by atoms with Crippen molar-refractivity contribution in [2.75, 3.05) is 13.1 Å². The number of hydrogen-bond acceptors (Lipinski definition) is 1. The van der Waals surface area contributed by atoms with Gasteiger partial charge in [-0.25, -0.2) is 0 Å². The van der Waals surface area contributed by atoms with Crippen LogP contribution in [0.1, 0.15) is 30.5 Å². The first-order valence-electron chi connectivity index (χ1n) is 9.00. The topological polar surface area (TPSA) is 3.24 Å². The van der Waals surface area contributed by atoms with Crippen LogP contribution in [0.3, 0.4) is 0 Å². The van der Waals surface area contributed by atoms with Crippen LogP contribution in [0.2, 0.25) is 0 Å². The Bertz CT molecular complexity index is 661. The second-order valence-electron chi connectivity index (χ2n) is 6.13. The molecule has 0 aromatic heterocycles.